The van der Waals surface area contributed by atoms with Crippen LogP contribution in [0.1, 0.15) is 16.5 Å². The summed E-state index contributed by atoms with van der Waals surface area (Å²) in [6, 6.07) is 15.6. The van der Waals surface area contributed by atoms with Crippen LogP contribution in [-0.2, 0) is 0 Å². The molecule has 2 aromatic carbocycles. The highest BCUT2D eigenvalue weighted by molar-refractivity contribution is 7.99. The first-order chi connectivity index (χ1) is 10.6. The van der Waals surface area contributed by atoms with Crippen LogP contribution >= 0.6 is 23.4 Å². The maximum Gasteiger partial charge on any atom is 0.323 e. The predicted octanol–water partition coefficient (Wildman–Crippen LogP) is 4.93. The average molecular weight is 333 g/mol. The third-order valence-electron chi connectivity index (χ3n) is 3.66. The quantitative estimate of drug-likeness (QED) is 0.845. The fourth-order valence-corrected chi connectivity index (χ4v) is 3.87. The van der Waals surface area contributed by atoms with E-state index in [2.05, 4.69) is 17.4 Å². The number of nitrogens with one attached hydrogen (secondary N) is 1. The van der Waals surface area contributed by atoms with E-state index in [0.717, 1.165) is 29.1 Å². The number of anilines is 1. The van der Waals surface area contributed by atoms with Gasteiger partial charge in [0.05, 0.1) is 0 Å². The summed E-state index contributed by atoms with van der Waals surface area (Å²) < 4.78 is 0. The number of rotatable bonds is 2. The summed E-state index contributed by atoms with van der Waals surface area (Å²) >= 11 is 7.90. The van der Waals surface area contributed by atoms with E-state index in [9.17, 15) is 4.79 Å². The fourth-order valence-electron chi connectivity index (χ4n) is 2.44. The molecule has 1 aliphatic heterocycles. The summed E-state index contributed by atoms with van der Waals surface area (Å²) in [6.07, 6.45) is 0. The highest BCUT2D eigenvalue weighted by Gasteiger charge is 2.30. The van der Waals surface area contributed by atoms with Crippen molar-refractivity contribution in [1.82, 2.24) is 4.90 Å². The number of nitrogens with zero attached hydrogens (tertiary/aromatic N) is 1. The van der Waals surface area contributed by atoms with Crippen LogP contribution in [-0.4, -0.2) is 23.2 Å². The lowest BCUT2D eigenvalue weighted by Crippen LogP contribution is -2.34. The molecule has 0 bridgehead atoms. The molecule has 3 nitrogen and oxygen atoms in total. The first-order valence-electron chi connectivity index (χ1n) is 7.15. The maximum atomic E-state index is 12.6. The van der Waals surface area contributed by atoms with Gasteiger partial charge in [-0.1, -0.05) is 48.0 Å². The van der Waals surface area contributed by atoms with Gasteiger partial charge in [-0.25, -0.2) is 4.79 Å². The Morgan fingerprint density at radius 3 is 2.77 bits per heavy atom. The van der Waals surface area contributed by atoms with Crippen molar-refractivity contribution in [3.05, 3.63) is 64.7 Å². The van der Waals surface area contributed by atoms with Crippen LogP contribution in [0.15, 0.2) is 48.5 Å². The highest BCUT2D eigenvalue weighted by Crippen LogP contribution is 2.38. The number of halogens is 1. The zero-order valence-corrected chi connectivity index (χ0v) is 13.8. The molecule has 2 amide bonds. The van der Waals surface area contributed by atoms with E-state index < -0.39 is 0 Å². The molecule has 1 unspecified atom stereocenters. The molecule has 1 aliphatic rings. The minimum atomic E-state index is -0.0845. The third kappa shape index (κ3) is 3.23. The van der Waals surface area contributed by atoms with Crippen LogP contribution in [0.25, 0.3) is 0 Å². The predicted molar refractivity (Wildman–Crippen MR) is 93.6 cm³/mol. The van der Waals surface area contributed by atoms with E-state index in [1.807, 2.05) is 42.2 Å². The molecular formula is C17H17ClN2OS. The molecule has 0 aromatic heterocycles. The molecule has 1 fully saturated rings. The Balaban J connectivity index is 1.75. The average Bonchev–Trinajstić information content (AvgIpc) is 3.01. The van der Waals surface area contributed by atoms with Crippen LogP contribution < -0.4 is 5.32 Å². The zero-order chi connectivity index (χ0) is 15.5. The fraction of sp³-hybridized carbons (Fsp3) is 0.235. The van der Waals surface area contributed by atoms with Gasteiger partial charge < -0.3 is 10.2 Å². The van der Waals surface area contributed by atoms with Crippen molar-refractivity contribution in [2.75, 3.05) is 17.6 Å². The van der Waals surface area contributed by atoms with Gasteiger partial charge in [0.2, 0.25) is 0 Å². The number of carbonyl (C=O) groups excluding carboxylic acids is 1. The molecule has 0 radical (unpaired) electrons. The summed E-state index contributed by atoms with van der Waals surface area (Å²) in [7, 11) is 0. The van der Waals surface area contributed by atoms with Crippen LogP contribution in [0.5, 0.6) is 0 Å². The normalized spacial score (nSPS) is 17.5. The summed E-state index contributed by atoms with van der Waals surface area (Å²) in [5, 5.41) is 3.67. The molecule has 1 heterocycles. The second-order valence-electron chi connectivity index (χ2n) is 5.22. The van der Waals surface area contributed by atoms with Crippen molar-refractivity contribution in [3.8, 4) is 0 Å². The summed E-state index contributed by atoms with van der Waals surface area (Å²) in [5.74, 6) is 0.946. The largest absolute Gasteiger partial charge is 0.323 e. The van der Waals surface area contributed by atoms with E-state index >= 15 is 0 Å². The highest BCUT2D eigenvalue weighted by atomic mass is 35.5. The molecule has 3 rings (SSSR count). The Hall–Kier alpha value is -1.65. The Morgan fingerprint density at radius 1 is 1.27 bits per heavy atom. The molecule has 0 spiro atoms. The smallest absolute Gasteiger partial charge is 0.308 e. The second-order valence-corrected chi connectivity index (χ2v) is 6.82. The molecule has 0 aliphatic carbocycles. The van der Waals surface area contributed by atoms with Gasteiger partial charge in [-0.15, -0.1) is 11.8 Å². The number of hydrogen-bond donors (Lipinski definition) is 1. The van der Waals surface area contributed by atoms with Gasteiger partial charge in [-0.3, -0.25) is 0 Å². The lowest BCUT2D eigenvalue weighted by Gasteiger charge is -2.24. The van der Waals surface area contributed by atoms with Crippen LogP contribution in [0, 0.1) is 6.92 Å². The number of carbonyl (C=O) groups is 1. The van der Waals surface area contributed by atoms with Gasteiger partial charge in [0.1, 0.15) is 5.37 Å². The van der Waals surface area contributed by atoms with E-state index in [4.69, 9.17) is 11.6 Å². The van der Waals surface area contributed by atoms with Crippen LogP contribution in [0.2, 0.25) is 5.02 Å². The first-order valence-corrected chi connectivity index (χ1v) is 8.58. The van der Waals surface area contributed by atoms with E-state index in [0.29, 0.717) is 5.02 Å². The molecule has 1 saturated heterocycles. The Kier molecular flexibility index (Phi) is 4.60. The maximum absolute atomic E-state index is 12.6. The molecule has 22 heavy (non-hydrogen) atoms. The Morgan fingerprint density at radius 2 is 2.05 bits per heavy atom. The molecule has 5 heteroatoms. The van der Waals surface area contributed by atoms with Gasteiger partial charge >= 0.3 is 6.03 Å². The molecule has 0 saturated carbocycles. The molecular weight excluding hydrogens is 316 g/mol. The summed E-state index contributed by atoms with van der Waals surface area (Å²) in [4.78, 5) is 14.4. The summed E-state index contributed by atoms with van der Waals surface area (Å²) in [6.45, 7) is 2.69. The van der Waals surface area contributed by atoms with Gasteiger partial charge in [-0.2, -0.15) is 0 Å². The van der Waals surface area contributed by atoms with Crippen molar-refractivity contribution in [2.24, 2.45) is 0 Å². The lowest BCUT2D eigenvalue weighted by atomic mass is 10.2. The SMILES string of the molecule is Cc1ccc(NC(=O)N2CCSC2c2ccccc2)cc1Cl. The van der Waals surface area contributed by atoms with Crippen molar-refractivity contribution in [2.45, 2.75) is 12.3 Å². The molecule has 2 aromatic rings. The Bertz CT molecular complexity index is 678. The third-order valence-corrected chi connectivity index (χ3v) is 5.33. The minimum absolute atomic E-state index is 0.0714. The van der Waals surface area contributed by atoms with Crippen molar-refractivity contribution >= 4 is 35.1 Å². The van der Waals surface area contributed by atoms with Crippen LogP contribution in [0.3, 0.4) is 0 Å². The molecule has 1 N–H and O–H groups in total. The van der Waals surface area contributed by atoms with E-state index in [-0.39, 0.29) is 11.4 Å². The number of urea groups is 1. The van der Waals surface area contributed by atoms with Gasteiger partial charge in [0.25, 0.3) is 0 Å². The van der Waals surface area contributed by atoms with Crippen molar-refractivity contribution < 1.29 is 4.79 Å². The molecule has 114 valence electrons. The second kappa shape index (κ2) is 6.63. The number of benzene rings is 2. The zero-order valence-electron chi connectivity index (χ0n) is 12.3. The number of hydrogen-bond acceptors (Lipinski definition) is 2. The van der Waals surface area contributed by atoms with Crippen LogP contribution in [0.4, 0.5) is 10.5 Å². The van der Waals surface area contributed by atoms with E-state index in [1.165, 1.54) is 0 Å². The molecule has 1 atom stereocenters. The van der Waals surface area contributed by atoms with Gasteiger partial charge in [-0.05, 0) is 30.2 Å². The number of amides is 2. The van der Waals surface area contributed by atoms with E-state index in [1.54, 1.807) is 17.8 Å². The monoisotopic (exact) mass is 332 g/mol. The first kappa shape index (κ1) is 15.3. The number of thioether (sulfide) groups is 1. The lowest BCUT2D eigenvalue weighted by molar-refractivity contribution is 0.214. The van der Waals surface area contributed by atoms with Crippen molar-refractivity contribution in [1.29, 1.82) is 0 Å². The summed E-state index contributed by atoms with van der Waals surface area (Å²) in [5.41, 5.74) is 2.88. The van der Waals surface area contributed by atoms with Crippen molar-refractivity contribution in [3.63, 3.8) is 0 Å². The van der Waals surface area contributed by atoms with Gasteiger partial charge in [0.15, 0.2) is 0 Å². The topological polar surface area (TPSA) is 32.3 Å². The minimum Gasteiger partial charge on any atom is -0.308 e. The number of aryl methyl sites for hydroxylation is 1. The Labute approximate surface area is 139 Å². The van der Waals surface area contributed by atoms with Gasteiger partial charge in [0, 0.05) is 23.0 Å². The standard InChI is InChI=1S/C17H17ClN2OS/c1-12-7-8-14(11-15(12)18)19-17(21)20-9-10-22-16(20)13-5-3-2-4-6-13/h2-8,11,16H,9-10H2,1H3,(H,19,21).